The Kier molecular flexibility index (Phi) is 6.42. The lowest BCUT2D eigenvalue weighted by Crippen LogP contribution is -2.46. The van der Waals surface area contributed by atoms with Crippen LogP contribution in [0, 0.1) is 0 Å². The highest BCUT2D eigenvalue weighted by molar-refractivity contribution is 5.63. The average Bonchev–Trinajstić information content (AvgIpc) is 2.70. The zero-order valence-corrected chi connectivity index (χ0v) is 14.8. The van der Waals surface area contributed by atoms with E-state index in [0.717, 1.165) is 49.8 Å². The number of nitrogens with one attached hydrogen (secondary N) is 1. The van der Waals surface area contributed by atoms with Crippen molar-refractivity contribution in [3.8, 4) is 0 Å². The van der Waals surface area contributed by atoms with Crippen LogP contribution in [0.3, 0.4) is 0 Å². The van der Waals surface area contributed by atoms with E-state index in [4.69, 9.17) is 4.84 Å². The van der Waals surface area contributed by atoms with E-state index in [1.165, 1.54) is 0 Å². The average molecular weight is 338 g/mol. The third kappa shape index (κ3) is 5.05. The van der Waals surface area contributed by atoms with Crippen LogP contribution in [0.2, 0.25) is 0 Å². The maximum atomic E-state index is 5.41. The van der Waals surface area contributed by atoms with Crippen LogP contribution in [0.5, 0.6) is 0 Å². The fraction of sp³-hybridized carbons (Fsp3) is 0.350. The molecule has 1 aliphatic rings. The Morgan fingerprint density at radius 2 is 1.84 bits per heavy atom. The molecule has 0 amide bonds. The fourth-order valence-electron chi connectivity index (χ4n) is 2.91. The summed E-state index contributed by atoms with van der Waals surface area (Å²) < 4.78 is 0. The number of aromatic nitrogens is 1. The molecule has 0 aliphatic carbocycles. The molecule has 5 heteroatoms. The highest BCUT2D eigenvalue weighted by Gasteiger charge is 2.17. The van der Waals surface area contributed by atoms with E-state index in [1.54, 1.807) is 0 Å². The summed E-state index contributed by atoms with van der Waals surface area (Å²) in [6.07, 6.45) is 4.07. The standard InChI is InChI=1S/C20H26N4O/c1-2-25-22-19(18-8-4-3-5-9-18)11-13-23-14-16-24(17-15-23)20-10-6-7-12-21-20/h3-12,22H,2,13-17H2,1H3. The molecule has 2 heterocycles. The second kappa shape index (κ2) is 9.20. The Labute approximate surface area is 149 Å². The molecule has 132 valence electrons. The molecule has 2 aromatic rings. The third-order valence-electron chi connectivity index (χ3n) is 4.31. The molecule has 0 unspecified atom stereocenters. The van der Waals surface area contributed by atoms with Crippen molar-refractivity contribution in [2.24, 2.45) is 0 Å². The number of nitrogens with zero attached hydrogens (tertiary/aromatic N) is 3. The number of piperazine rings is 1. The van der Waals surface area contributed by atoms with Crippen molar-refractivity contribution in [2.75, 3.05) is 44.2 Å². The van der Waals surface area contributed by atoms with Gasteiger partial charge in [0.05, 0.1) is 12.3 Å². The van der Waals surface area contributed by atoms with E-state index in [2.05, 4.69) is 44.5 Å². The van der Waals surface area contributed by atoms with Crippen LogP contribution in [0.4, 0.5) is 5.82 Å². The fourth-order valence-corrected chi connectivity index (χ4v) is 2.91. The van der Waals surface area contributed by atoms with Crippen LogP contribution in [-0.2, 0) is 4.84 Å². The number of hydroxylamine groups is 1. The number of hydrogen-bond donors (Lipinski definition) is 1. The van der Waals surface area contributed by atoms with Crippen LogP contribution in [0.1, 0.15) is 12.5 Å². The summed E-state index contributed by atoms with van der Waals surface area (Å²) in [5.74, 6) is 1.07. The first-order valence-corrected chi connectivity index (χ1v) is 8.88. The first-order valence-electron chi connectivity index (χ1n) is 8.88. The topological polar surface area (TPSA) is 40.6 Å². The summed E-state index contributed by atoms with van der Waals surface area (Å²) in [5, 5.41) is 0. The maximum Gasteiger partial charge on any atom is 0.128 e. The monoisotopic (exact) mass is 338 g/mol. The highest BCUT2D eigenvalue weighted by Crippen LogP contribution is 2.14. The normalized spacial score (nSPS) is 16.0. The Bertz CT molecular complexity index is 652. The van der Waals surface area contributed by atoms with Gasteiger partial charge in [0.2, 0.25) is 0 Å². The molecule has 1 aromatic heterocycles. The van der Waals surface area contributed by atoms with Crippen LogP contribution < -0.4 is 10.4 Å². The summed E-state index contributed by atoms with van der Waals surface area (Å²) >= 11 is 0. The predicted octanol–water partition coefficient (Wildman–Crippen LogP) is 2.79. The van der Waals surface area contributed by atoms with Crippen molar-refractivity contribution in [3.63, 3.8) is 0 Å². The Morgan fingerprint density at radius 1 is 1.08 bits per heavy atom. The van der Waals surface area contributed by atoms with Crippen molar-refractivity contribution < 1.29 is 4.84 Å². The van der Waals surface area contributed by atoms with E-state index in [9.17, 15) is 0 Å². The number of pyridine rings is 1. The minimum atomic E-state index is 0.632. The van der Waals surface area contributed by atoms with Gasteiger partial charge in [0.1, 0.15) is 5.82 Å². The lowest BCUT2D eigenvalue weighted by molar-refractivity contribution is 0.0896. The summed E-state index contributed by atoms with van der Waals surface area (Å²) in [6.45, 7) is 7.59. The second-order valence-corrected chi connectivity index (χ2v) is 5.99. The molecule has 0 saturated carbocycles. The van der Waals surface area contributed by atoms with Crippen molar-refractivity contribution >= 4 is 11.5 Å². The molecule has 1 aromatic carbocycles. The highest BCUT2D eigenvalue weighted by atomic mass is 16.6. The van der Waals surface area contributed by atoms with E-state index in [-0.39, 0.29) is 0 Å². The zero-order valence-electron chi connectivity index (χ0n) is 14.8. The first kappa shape index (κ1) is 17.5. The minimum Gasteiger partial charge on any atom is -0.354 e. The SMILES string of the molecule is CCONC(=CCN1CCN(c2ccccn2)CC1)c1ccccc1. The van der Waals surface area contributed by atoms with Crippen molar-refractivity contribution in [2.45, 2.75) is 6.92 Å². The van der Waals surface area contributed by atoms with E-state index >= 15 is 0 Å². The maximum absolute atomic E-state index is 5.41. The summed E-state index contributed by atoms with van der Waals surface area (Å²) in [5.41, 5.74) is 5.24. The quantitative estimate of drug-likeness (QED) is 0.786. The van der Waals surface area contributed by atoms with E-state index < -0.39 is 0 Å². The van der Waals surface area contributed by atoms with Crippen molar-refractivity contribution in [1.82, 2.24) is 15.4 Å². The molecule has 0 radical (unpaired) electrons. The summed E-state index contributed by atoms with van der Waals surface area (Å²) in [6, 6.07) is 16.4. The molecule has 1 aliphatic heterocycles. The molecule has 0 spiro atoms. The van der Waals surface area contributed by atoms with Gasteiger partial charge < -0.3 is 4.90 Å². The van der Waals surface area contributed by atoms with Gasteiger partial charge in [-0.1, -0.05) is 36.4 Å². The number of anilines is 1. The van der Waals surface area contributed by atoms with Gasteiger partial charge in [0.15, 0.2) is 0 Å². The molecule has 1 fully saturated rings. The smallest absolute Gasteiger partial charge is 0.128 e. The molecule has 5 nitrogen and oxygen atoms in total. The van der Waals surface area contributed by atoms with E-state index in [0.29, 0.717) is 6.61 Å². The zero-order chi connectivity index (χ0) is 17.3. The van der Waals surface area contributed by atoms with E-state index in [1.807, 2.05) is 43.5 Å². The van der Waals surface area contributed by atoms with Crippen LogP contribution in [0.15, 0.2) is 60.8 Å². The van der Waals surface area contributed by atoms with Gasteiger partial charge in [-0.25, -0.2) is 4.98 Å². The number of hydrogen-bond acceptors (Lipinski definition) is 5. The Balaban J connectivity index is 1.57. The van der Waals surface area contributed by atoms with Gasteiger partial charge in [-0.05, 0) is 30.7 Å². The van der Waals surface area contributed by atoms with Gasteiger partial charge >= 0.3 is 0 Å². The number of benzene rings is 1. The second-order valence-electron chi connectivity index (χ2n) is 5.99. The molecule has 0 atom stereocenters. The summed E-state index contributed by atoms with van der Waals surface area (Å²) in [4.78, 5) is 14.7. The molecule has 0 bridgehead atoms. The lowest BCUT2D eigenvalue weighted by atomic mass is 10.1. The van der Waals surface area contributed by atoms with Gasteiger partial charge in [0, 0.05) is 38.9 Å². The van der Waals surface area contributed by atoms with Gasteiger partial charge in [-0.3, -0.25) is 15.2 Å². The third-order valence-corrected chi connectivity index (χ3v) is 4.31. The molecule has 1 N–H and O–H groups in total. The first-order chi connectivity index (χ1) is 12.4. The van der Waals surface area contributed by atoms with Gasteiger partial charge in [-0.15, -0.1) is 0 Å². The van der Waals surface area contributed by atoms with Crippen LogP contribution in [-0.4, -0.2) is 49.2 Å². The largest absolute Gasteiger partial charge is 0.354 e. The molecular formula is C20H26N4O. The van der Waals surface area contributed by atoms with Crippen molar-refractivity contribution in [3.05, 3.63) is 66.4 Å². The molecule has 25 heavy (non-hydrogen) atoms. The molecule has 1 saturated heterocycles. The Hall–Kier alpha value is -2.37. The van der Waals surface area contributed by atoms with Crippen molar-refractivity contribution in [1.29, 1.82) is 0 Å². The van der Waals surface area contributed by atoms with Gasteiger partial charge in [0.25, 0.3) is 0 Å². The predicted molar refractivity (Wildman–Crippen MR) is 102 cm³/mol. The molecular weight excluding hydrogens is 312 g/mol. The van der Waals surface area contributed by atoms with Gasteiger partial charge in [-0.2, -0.15) is 0 Å². The van der Waals surface area contributed by atoms with Crippen LogP contribution >= 0.6 is 0 Å². The minimum absolute atomic E-state index is 0.632. The lowest BCUT2D eigenvalue weighted by Gasteiger charge is -2.35. The molecule has 3 rings (SSSR count). The Morgan fingerprint density at radius 3 is 2.52 bits per heavy atom. The van der Waals surface area contributed by atoms with Crippen LogP contribution in [0.25, 0.3) is 5.70 Å². The number of rotatable bonds is 7. The summed E-state index contributed by atoms with van der Waals surface area (Å²) in [7, 11) is 0.